The Morgan fingerprint density at radius 2 is 2.14 bits per heavy atom. The van der Waals surface area contributed by atoms with Crippen molar-refractivity contribution in [1.29, 1.82) is 0 Å². The number of hydrogen-bond acceptors (Lipinski definition) is 7. The number of nitrogens with zero attached hydrogens (tertiary/aromatic N) is 4. The summed E-state index contributed by atoms with van der Waals surface area (Å²) in [5.74, 6) is 1.76. The molecule has 0 aliphatic carbocycles. The van der Waals surface area contributed by atoms with Gasteiger partial charge in [-0.2, -0.15) is 5.10 Å². The largest absolute Gasteiger partial charge is 0.474 e. The number of morpholine rings is 1. The van der Waals surface area contributed by atoms with Crippen LogP contribution < -0.4 is 15.0 Å². The van der Waals surface area contributed by atoms with Crippen molar-refractivity contribution in [2.75, 3.05) is 38.3 Å². The van der Waals surface area contributed by atoms with Gasteiger partial charge in [0.1, 0.15) is 0 Å². The molecular weight excluding hydrogens is 360 g/mol. The molecule has 1 saturated heterocycles. The van der Waals surface area contributed by atoms with Crippen molar-refractivity contribution in [1.82, 2.24) is 25.5 Å². The second-order valence-corrected chi connectivity index (χ2v) is 6.81. The van der Waals surface area contributed by atoms with E-state index in [2.05, 4.69) is 20.4 Å². The van der Waals surface area contributed by atoms with E-state index in [0.717, 1.165) is 28.0 Å². The molecule has 5 rings (SSSR count). The number of aromatic amines is 1. The fraction of sp³-hybridized carbons (Fsp3) is 0.368. The van der Waals surface area contributed by atoms with E-state index in [9.17, 15) is 4.79 Å². The minimum absolute atomic E-state index is 0.163. The fourth-order valence-electron chi connectivity index (χ4n) is 3.68. The van der Waals surface area contributed by atoms with Crippen LogP contribution in [-0.4, -0.2) is 65.5 Å². The van der Waals surface area contributed by atoms with Gasteiger partial charge in [-0.25, -0.2) is 9.97 Å². The van der Waals surface area contributed by atoms with E-state index in [1.54, 1.807) is 13.2 Å². The number of aromatic nitrogens is 4. The molecule has 9 heteroatoms. The third-order valence-corrected chi connectivity index (χ3v) is 5.13. The summed E-state index contributed by atoms with van der Waals surface area (Å²) in [5.41, 5.74) is 2.57. The summed E-state index contributed by atoms with van der Waals surface area (Å²) in [5, 5.41) is 10.7. The molecule has 144 valence electrons. The van der Waals surface area contributed by atoms with Crippen LogP contribution in [0.1, 0.15) is 5.69 Å². The predicted molar refractivity (Wildman–Crippen MR) is 102 cm³/mol. The first-order valence-electron chi connectivity index (χ1n) is 9.29. The second kappa shape index (κ2) is 6.75. The summed E-state index contributed by atoms with van der Waals surface area (Å²) in [7, 11) is 1.61. The first-order chi connectivity index (χ1) is 13.7. The van der Waals surface area contributed by atoms with Gasteiger partial charge in [-0.3, -0.25) is 9.89 Å². The number of rotatable bonds is 3. The highest BCUT2D eigenvalue weighted by Gasteiger charge is 2.35. The lowest BCUT2D eigenvalue weighted by Crippen LogP contribution is -2.37. The molecule has 1 amide bonds. The monoisotopic (exact) mass is 380 g/mol. The topological polar surface area (TPSA) is 105 Å². The van der Waals surface area contributed by atoms with Crippen LogP contribution in [0.5, 0.6) is 5.75 Å². The maximum absolute atomic E-state index is 12.1. The predicted octanol–water partition coefficient (Wildman–Crippen LogP) is 0.906. The van der Waals surface area contributed by atoms with Crippen molar-refractivity contribution in [2.24, 2.45) is 0 Å². The van der Waals surface area contributed by atoms with Crippen molar-refractivity contribution in [3.8, 4) is 17.1 Å². The number of anilines is 1. The van der Waals surface area contributed by atoms with Crippen LogP contribution in [0.2, 0.25) is 0 Å². The van der Waals surface area contributed by atoms with Gasteiger partial charge in [0.05, 0.1) is 30.6 Å². The quantitative estimate of drug-likeness (QED) is 0.696. The third kappa shape index (κ3) is 2.75. The Balaban J connectivity index is 1.64. The van der Waals surface area contributed by atoms with E-state index in [1.165, 1.54) is 0 Å². The number of amides is 1. The number of benzene rings is 1. The molecule has 9 nitrogen and oxygen atoms in total. The van der Waals surface area contributed by atoms with Crippen molar-refractivity contribution in [2.45, 2.75) is 12.5 Å². The minimum atomic E-state index is -0.589. The van der Waals surface area contributed by atoms with E-state index in [4.69, 9.17) is 19.4 Å². The van der Waals surface area contributed by atoms with Gasteiger partial charge in [0.25, 0.3) is 5.91 Å². The molecule has 2 aliphatic heterocycles. The summed E-state index contributed by atoms with van der Waals surface area (Å²) < 4.78 is 11.4. The Kier molecular flexibility index (Phi) is 4.09. The molecule has 0 spiro atoms. The lowest BCUT2D eigenvalue weighted by Gasteiger charge is -2.29. The highest BCUT2D eigenvalue weighted by atomic mass is 16.5. The molecule has 2 aromatic heterocycles. The Morgan fingerprint density at radius 3 is 2.96 bits per heavy atom. The smallest absolute Gasteiger partial charge is 0.261 e. The molecule has 4 heterocycles. The molecule has 2 N–H and O–H groups in total. The van der Waals surface area contributed by atoms with Crippen molar-refractivity contribution in [3.63, 3.8) is 0 Å². The molecular formula is C19H20N6O3. The number of ether oxygens (including phenoxy) is 2. The maximum atomic E-state index is 12.1. The number of nitrogens with one attached hydrogen (secondary N) is 2. The number of likely N-dealkylation sites (N-methyl/N-ethyl adjacent to an activating group) is 1. The van der Waals surface area contributed by atoms with Crippen LogP contribution in [0.3, 0.4) is 0 Å². The average Bonchev–Trinajstić information content (AvgIpc) is 3.39. The fourth-order valence-corrected chi connectivity index (χ4v) is 3.68. The lowest BCUT2D eigenvalue weighted by molar-refractivity contribution is -0.126. The standard InChI is InChI=1S/C19H20N6O3/c1-20-19(26)15-9-14-16(28-15)18(25-5-7-27-8-6-25)23-17(22-14)11-3-2-4-13-12(11)10-21-24-13/h2-4,10,15H,5-9H2,1H3,(H,20,26)(H,21,24). The molecule has 1 atom stereocenters. The number of hydrogen-bond donors (Lipinski definition) is 2. The Labute approximate surface area is 161 Å². The number of H-pyrrole nitrogens is 1. The zero-order valence-electron chi connectivity index (χ0n) is 15.4. The number of fused-ring (bicyclic) bond motifs is 2. The SMILES string of the molecule is CNC(=O)C1Cc2nc(-c3cccc4[nH]ncc34)nc(N3CCOCC3)c2O1. The first-order valence-corrected chi connectivity index (χ1v) is 9.29. The van der Waals surface area contributed by atoms with Crippen molar-refractivity contribution in [3.05, 3.63) is 30.1 Å². The second-order valence-electron chi connectivity index (χ2n) is 6.81. The molecule has 1 unspecified atom stereocenters. The van der Waals surface area contributed by atoms with Gasteiger partial charge in [0.15, 0.2) is 23.5 Å². The van der Waals surface area contributed by atoms with Gasteiger partial charge in [0.2, 0.25) is 0 Å². The molecule has 28 heavy (non-hydrogen) atoms. The summed E-state index contributed by atoms with van der Waals surface area (Å²) in [4.78, 5) is 23.9. The van der Waals surface area contributed by atoms with E-state index < -0.39 is 6.10 Å². The van der Waals surface area contributed by atoms with Crippen LogP contribution in [0, 0.1) is 0 Å². The normalized spacial score (nSPS) is 18.8. The lowest BCUT2D eigenvalue weighted by atomic mass is 10.1. The Bertz CT molecular complexity index is 1040. The molecule has 0 bridgehead atoms. The summed E-state index contributed by atoms with van der Waals surface area (Å²) in [6.07, 6.45) is 1.61. The molecule has 1 fully saturated rings. The Hall–Kier alpha value is -3.20. The van der Waals surface area contributed by atoms with Crippen LogP contribution in [-0.2, 0) is 16.0 Å². The minimum Gasteiger partial charge on any atom is -0.474 e. The van der Waals surface area contributed by atoms with E-state index in [1.807, 2.05) is 18.2 Å². The van der Waals surface area contributed by atoms with Crippen LogP contribution >= 0.6 is 0 Å². The third-order valence-electron chi connectivity index (χ3n) is 5.13. The molecule has 2 aliphatic rings. The van der Waals surface area contributed by atoms with Gasteiger partial charge < -0.3 is 19.7 Å². The van der Waals surface area contributed by atoms with E-state index >= 15 is 0 Å². The van der Waals surface area contributed by atoms with Gasteiger partial charge in [-0.05, 0) is 6.07 Å². The Morgan fingerprint density at radius 1 is 1.29 bits per heavy atom. The van der Waals surface area contributed by atoms with Crippen molar-refractivity contribution < 1.29 is 14.3 Å². The molecule has 1 aromatic carbocycles. The summed E-state index contributed by atoms with van der Waals surface area (Å²) in [6, 6.07) is 5.90. The summed E-state index contributed by atoms with van der Waals surface area (Å²) >= 11 is 0. The van der Waals surface area contributed by atoms with E-state index in [0.29, 0.717) is 44.3 Å². The van der Waals surface area contributed by atoms with Gasteiger partial charge in [0, 0.05) is 37.5 Å². The first kappa shape index (κ1) is 16.9. The average molecular weight is 380 g/mol. The highest BCUT2D eigenvalue weighted by molar-refractivity contribution is 5.93. The van der Waals surface area contributed by atoms with Crippen LogP contribution in [0.4, 0.5) is 5.82 Å². The van der Waals surface area contributed by atoms with Crippen LogP contribution in [0.25, 0.3) is 22.3 Å². The molecule has 3 aromatic rings. The summed E-state index contributed by atoms with van der Waals surface area (Å²) in [6.45, 7) is 2.69. The van der Waals surface area contributed by atoms with Gasteiger partial charge >= 0.3 is 0 Å². The van der Waals surface area contributed by atoms with Gasteiger partial charge in [-0.1, -0.05) is 12.1 Å². The van der Waals surface area contributed by atoms with Crippen molar-refractivity contribution >= 4 is 22.6 Å². The zero-order chi connectivity index (χ0) is 19.1. The number of carbonyl (C=O) groups is 1. The molecule has 0 saturated carbocycles. The van der Waals surface area contributed by atoms with Crippen LogP contribution in [0.15, 0.2) is 24.4 Å². The van der Waals surface area contributed by atoms with Gasteiger partial charge in [-0.15, -0.1) is 0 Å². The highest BCUT2D eigenvalue weighted by Crippen LogP contribution is 2.39. The molecule has 0 radical (unpaired) electrons. The number of carbonyl (C=O) groups excluding carboxylic acids is 1. The maximum Gasteiger partial charge on any atom is 0.261 e. The van der Waals surface area contributed by atoms with E-state index in [-0.39, 0.29) is 5.91 Å². The zero-order valence-corrected chi connectivity index (χ0v) is 15.4.